The molecule has 2 aromatic heterocycles. The van der Waals surface area contributed by atoms with Crippen LogP contribution in [0.4, 0.5) is 0 Å². The zero-order valence-electron chi connectivity index (χ0n) is 11.5. The topological polar surface area (TPSA) is 56.7 Å². The van der Waals surface area contributed by atoms with Crippen molar-refractivity contribution in [3.05, 3.63) is 24.2 Å². The number of pyridine rings is 1. The van der Waals surface area contributed by atoms with Crippen molar-refractivity contribution in [3.63, 3.8) is 0 Å². The molecule has 2 aromatic rings. The molecule has 4 nitrogen and oxygen atoms in total. The molecule has 0 aliphatic heterocycles. The second-order valence-electron chi connectivity index (χ2n) is 5.51. The molecule has 3 rings (SSSR count). The molecule has 1 fully saturated rings. The largest absolute Gasteiger partial charge is 0.330 e. The van der Waals surface area contributed by atoms with Gasteiger partial charge in [0.1, 0.15) is 11.3 Å². The second kappa shape index (κ2) is 5.29. The van der Waals surface area contributed by atoms with Gasteiger partial charge in [0.2, 0.25) is 0 Å². The zero-order valence-corrected chi connectivity index (χ0v) is 11.5. The fraction of sp³-hybridized carbons (Fsp3) is 0.600. The van der Waals surface area contributed by atoms with Gasteiger partial charge in [-0.3, -0.25) is 0 Å². The van der Waals surface area contributed by atoms with Crippen LogP contribution in [-0.2, 0) is 6.54 Å². The summed E-state index contributed by atoms with van der Waals surface area (Å²) < 4.78 is 2.28. The smallest absolute Gasteiger partial charge is 0.159 e. The predicted molar refractivity (Wildman–Crippen MR) is 77.0 cm³/mol. The number of fused-ring (bicyclic) bond motifs is 1. The number of nitrogens with two attached hydrogens (primary N) is 1. The third-order valence-corrected chi connectivity index (χ3v) is 4.39. The van der Waals surface area contributed by atoms with E-state index in [1.54, 1.807) is 0 Å². The van der Waals surface area contributed by atoms with E-state index in [4.69, 9.17) is 10.7 Å². The molecule has 1 aliphatic carbocycles. The molecule has 0 amide bonds. The van der Waals surface area contributed by atoms with Crippen LogP contribution in [0.15, 0.2) is 18.3 Å². The maximum atomic E-state index is 5.77. The molecule has 2 heterocycles. The van der Waals surface area contributed by atoms with E-state index in [0.29, 0.717) is 11.8 Å². The summed E-state index contributed by atoms with van der Waals surface area (Å²) in [5.74, 6) is 2.53. The lowest BCUT2D eigenvalue weighted by Crippen LogP contribution is -2.22. The normalized spacial score (nSPS) is 23.9. The third-order valence-electron chi connectivity index (χ3n) is 4.39. The summed E-state index contributed by atoms with van der Waals surface area (Å²) in [4.78, 5) is 9.31. The lowest BCUT2D eigenvalue weighted by Gasteiger charge is -2.27. The first-order chi connectivity index (χ1) is 9.33. The molecule has 4 heteroatoms. The second-order valence-corrected chi connectivity index (χ2v) is 5.51. The van der Waals surface area contributed by atoms with Crippen molar-refractivity contribution < 1.29 is 0 Å². The number of nitrogens with zero attached hydrogens (tertiary/aromatic N) is 3. The number of rotatable bonds is 3. The molecule has 102 valence electrons. The Bertz CT molecular complexity index is 552. The number of hydrogen-bond acceptors (Lipinski definition) is 3. The van der Waals surface area contributed by atoms with Crippen LogP contribution in [0.2, 0.25) is 0 Å². The fourth-order valence-corrected chi connectivity index (χ4v) is 3.26. The number of imidazole rings is 1. The highest BCUT2D eigenvalue weighted by Crippen LogP contribution is 2.35. The van der Waals surface area contributed by atoms with Gasteiger partial charge < -0.3 is 10.3 Å². The minimum Gasteiger partial charge on any atom is -0.330 e. The van der Waals surface area contributed by atoms with E-state index >= 15 is 0 Å². The average Bonchev–Trinajstić information content (AvgIpc) is 2.85. The van der Waals surface area contributed by atoms with Crippen LogP contribution in [0.5, 0.6) is 0 Å². The minimum atomic E-state index is 0.581. The highest BCUT2D eigenvalue weighted by atomic mass is 15.1. The van der Waals surface area contributed by atoms with Crippen molar-refractivity contribution in [1.29, 1.82) is 0 Å². The molecule has 0 unspecified atom stereocenters. The summed E-state index contributed by atoms with van der Waals surface area (Å²) in [7, 11) is 0. The van der Waals surface area contributed by atoms with E-state index < -0.39 is 0 Å². The Morgan fingerprint density at radius 1 is 1.32 bits per heavy atom. The molecular weight excluding hydrogens is 236 g/mol. The Balaban J connectivity index is 1.92. The number of hydrogen-bond donors (Lipinski definition) is 1. The molecule has 19 heavy (non-hydrogen) atoms. The van der Waals surface area contributed by atoms with Crippen molar-refractivity contribution in [3.8, 4) is 0 Å². The van der Waals surface area contributed by atoms with Gasteiger partial charge in [-0.1, -0.05) is 0 Å². The van der Waals surface area contributed by atoms with Crippen LogP contribution < -0.4 is 5.73 Å². The van der Waals surface area contributed by atoms with Crippen molar-refractivity contribution in [2.24, 2.45) is 11.7 Å². The summed E-state index contributed by atoms with van der Waals surface area (Å²) in [6, 6.07) is 4.02. The summed E-state index contributed by atoms with van der Waals surface area (Å²) in [5.41, 5.74) is 7.83. The van der Waals surface area contributed by atoms with E-state index in [-0.39, 0.29) is 0 Å². The average molecular weight is 258 g/mol. The van der Waals surface area contributed by atoms with Gasteiger partial charge in [-0.05, 0) is 57.2 Å². The molecule has 0 atom stereocenters. The van der Waals surface area contributed by atoms with E-state index in [9.17, 15) is 0 Å². The SMILES string of the molecule is CCn1c(C2CCC(CN)CC2)nc2cccnc21. The van der Waals surface area contributed by atoms with Crippen LogP contribution in [0.1, 0.15) is 44.3 Å². The standard InChI is InChI=1S/C15H22N4/c1-2-19-14(12-7-5-11(10-16)6-8-12)18-13-4-3-9-17-15(13)19/h3-4,9,11-12H,2,5-8,10,16H2,1H3. The monoisotopic (exact) mass is 258 g/mol. The molecule has 2 N–H and O–H groups in total. The van der Waals surface area contributed by atoms with Crippen LogP contribution in [-0.4, -0.2) is 21.1 Å². The first kappa shape index (κ1) is 12.6. The Labute approximate surface area is 114 Å². The molecule has 0 radical (unpaired) electrons. The van der Waals surface area contributed by atoms with Crippen LogP contribution >= 0.6 is 0 Å². The van der Waals surface area contributed by atoms with Crippen LogP contribution in [0, 0.1) is 5.92 Å². The maximum Gasteiger partial charge on any atom is 0.159 e. The Morgan fingerprint density at radius 2 is 2.11 bits per heavy atom. The summed E-state index contributed by atoms with van der Waals surface area (Å²) >= 11 is 0. The lowest BCUT2D eigenvalue weighted by atomic mass is 9.81. The molecule has 1 aliphatic rings. The molecule has 0 saturated heterocycles. The summed E-state index contributed by atoms with van der Waals surface area (Å²) in [5, 5.41) is 0. The van der Waals surface area contributed by atoms with E-state index in [1.165, 1.54) is 31.5 Å². The Hall–Kier alpha value is -1.42. The molecule has 1 saturated carbocycles. The first-order valence-electron chi connectivity index (χ1n) is 7.34. The van der Waals surface area contributed by atoms with Crippen molar-refractivity contribution in [2.75, 3.05) is 6.54 Å². The first-order valence-corrected chi connectivity index (χ1v) is 7.34. The minimum absolute atomic E-state index is 0.581. The van der Waals surface area contributed by atoms with Gasteiger partial charge >= 0.3 is 0 Å². The molecule has 0 aromatic carbocycles. The summed E-state index contributed by atoms with van der Waals surface area (Å²) in [6.45, 7) is 3.95. The van der Waals surface area contributed by atoms with Gasteiger partial charge in [-0.25, -0.2) is 9.97 Å². The predicted octanol–water partition coefficient (Wildman–Crippen LogP) is 2.68. The molecular formula is C15H22N4. The van der Waals surface area contributed by atoms with E-state index in [2.05, 4.69) is 22.5 Å². The quantitative estimate of drug-likeness (QED) is 0.921. The van der Waals surface area contributed by atoms with Gasteiger partial charge in [-0.2, -0.15) is 0 Å². The van der Waals surface area contributed by atoms with Crippen molar-refractivity contribution in [2.45, 2.75) is 45.1 Å². The van der Waals surface area contributed by atoms with Gasteiger partial charge in [0.15, 0.2) is 5.65 Å². The third kappa shape index (κ3) is 2.25. The molecule has 0 spiro atoms. The maximum absolute atomic E-state index is 5.77. The van der Waals surface area contributed by atoms with E-state index in [1.807, 2.05) is 12.3 Å². The highest BCUT2D eigenvalue weighted by Gasteiger charge is 2.25. The molecule has 0 bridgehead atoms. The van der Waals surface area contributed by atoms with Gasteiger partial charge in [0.05, 0.1) is 0 Å². The number of aromatic nitrogens is 3. The van der Waals surface area contributed by atoms with Gasteiger partial charge in [0.25, 0.3) is 0 Å². The zero-order chi connectivity index (χ0) is 13.2. The van der Waals surface area contributed by atoms with Crippen molar-refractivity contribution in [1.82, 2.24) is 14.5 Å². The van der Waals surface area contributed by atoms with Crippen LogP contribution in [0.25, 0.3) is 11.2 Å². The Morgan fingerprint density at radius 3 is 2.79 bits per heavy atom. The summed E-state index contributed by atoms with van der Waals surface area (Å²) in [6.07, 6.45) is 6.75. The Kier molecular flexibility index (Phi) is 3.51. The van der Waals surface area contributed by atoms with Gasteiger partial charge in [0, 0.05) is 18.7 Å². The number of aryl methyl sites for hydroxylation is 1. The van der Waals surface area contributed by atoms with Crippen LogP contribution in [0.3, 0.4) is 0 Å². The fourth-order valence-electron chi connectivity index (χ4n) is 3.26. The van der Waals surface area contributed by atoms with E-state index in [0.717, 1.165) is 24.3 Å². The lowest BCUT2D eigenvalue weighted by molar-refractivity contribution is 0.321. The highest BCUT2D eigenvalue weighted by molar-refractivity contribution is 5.71. The van der Waals surface area contributed by atoms with Crippen molar-refractivity contribution >= 4 is 11.2 Å². The van der Waals surface area contributed by atoms with Gasteiger partial charge in [-0.15, -0.1) is 0 Å².